The molecule has 2 rings (SSSR count). The van der Waals surface area contributed by atoms with Gasteiger partial charge in [-0.05, 0) is 56.7 Å². The van der Waals surface area contributed by atoms with E-state index in [0.717, 1.165) is 5.56 Å². The highest BCUT2D eigenvalue weighted by Gasteiger charge is 2.23. The summed E-state index contributed by atoms with van der Waals surface area (Å²) in [6.07, 6.45) is 0. The molecule has 0 aliphatic heterocycles. The molecule has 128 valence electrons. The van der Waals surface area contributed by atoms with Crippen molar-refractivity contribution in [2.75, 3.05) is 12.4 Å². The van der Waals surface area contributed by atoms with Crippen LogP contribution in [0.5, 0.6) is 0 Å². The number of amides is 1. The number of benzene rings is 2. The van der Waals surface area contributed by atoms with Gasteiger partial charge in [0.25, 0.3) is 5.91 Å². The number of aryl methyl sites for hydroxylation is 1. The summed E-state index contributed by atoms with van der Waals surface area (Å²) < 4.78 is 26.4. The third-order valence-electron chi connectivity index (χ3n) is 3.78. The Labute approximate surface area is 143 Å². The molecule has 2 aromatic rings. The van der Waals surface area contributed by atoms with E-state index in [1.165, 1.54) is 23.5 Å². The van der Waals surface area contributed by atoms with Gasteiger partial charge in [0.1, 0.15) is 0 Å². The van der Waals surface area contributed by atoms with Crippen LogP contribution >= 0.6 is 0 Å². The Hall–Kier alpha value is -2.18. The van der Waals surface area contributed by atoms with Crippen molar-refractivity contribution in [1.82, 2.24) is 4.31 Å². The number of hydrogen-bond acceptors (Lipinski definition) is 3. The molecule has 0 aromatic heterocycles. The van der Waals surface area contributed by atoms with Crippen molar-refractivity contribution >= 4 is 21.6 Å². The Kier molecular flexibility index (Phi) is 5.41. The molecule has 0 unspecified atom stereocenters. The van der Waals surface area contributed by atoms with Crippen LogP contribution in [0.1, 0.15) is 29.8 Å². The Morgan fingerprint density at radius 3 is 2.38 bits per heavy atom. The zero-order valence-corrected chi connectivity index (χ0v) is 15.1. The van der Waals surface area contributed by atoms with Gasteiger partial charge in [-0.15, -0.1) is 0 Å². The first-order chi connectivity index (χ1) is 11.2. The monoisotopic (exact) mass is 346 g/mol. The van der Waals surface area contributed by atoms with E-state index in [0.29, 0.717) is 11.3 Å². The lowest BCUT2D eigenvalue weighted by molar-refractivity contribution is 0.102. The van der Waals surface area contributed by atoms with Crippen molar-refractivity contribution < 1.29 is 13.2 Å². The van der Waals surface area contributed by atoms with E-state index in [2.05, 4.69) is 5.32 Å². The smallest absolute Gasteiger partial charge is 0.255 e. The summed E-state index contributed by atoms with van der Waals surface area (Å²) in [6.45, 7) is 5.53. The molecule has 0 bridgehead atoms. The number of rotatable bonds is 5. The largest absolute Gasteiger partial charge is 0.322 e. The molecule has 0 heterocycles. The average molecular weight is 346 g/mol. The number of hydrogen-bond donors (Lipinski definition) is 1. The lowest BCUT2D eigenvalue weighted by atomic mass is 10.2. The molecule has 24 heavy (non-hydrogen) atoms. The highest BCUT2D eigenvalue weighted by Crippen LogP contribution is 2.19. The number of anilines is 1. The van der Waals surface area contributed by atoms with Gasteiger partial charge in [0.05, 0.1) is 4.90 Å². The summed E-state index contributed by atoms with van der Waals surface area (Å²) in [6, 6.07) is 13.3. The third-order valence-corrected chi connectivity index (χ3v) is 5.81. The van der Waals surface area contributed by atoms with Crippen LogP contribution in [0.4, 0.5) is 5.69 Å². The van der Waals surface area contributed by atoms with Crippen LogP contribution in [0, 0.1) is 6.92 Å². The SMILES string of the molecule is Cc1cccc(NC(=O)c2cccc(S(=O)(=O)N(C)C(C)C)c2)c1. The van der Waals surface area contributed by atoms with Gasteiger partial charge < -0.3 is 5.32 Å². The van der Waals surface area contributed by atoms with Crippen LogP contribution in [0.25, 0.3) is 0 Å². The third kappa shape index (κ3) is 4.01. The summed E-state index contributed by atoms with van der Waals surface area (Å²) in [5.41, 5.74) is 2.00. The van der Waals surface area contributed by atoms with E-state index in [9.17, 15) is 13.2 Å². The molecule has 1 amide bonds. The van der Waals surface area contributed by atoms with Gasteiger partial charge in [-0.25, -0.2) is 8.42 Å². The molecule has 6 heteroatoms. The molecule has 0 fully saturated rings. The Bertz CT molecular complexity index is 845. The lowest BCUT2D eigenvalue weighted by Gasteiger charge is -2.21. The van der Waals surface area contributed by atoms with E-state index < -0.39 is 10.0 Å². The Morgan fingerprint density at radius 1 is 1.08 bits per heavy atom. The first-order valence-electron chi connectivity index (χ1n) is 7.68. The van der Waals surface area contributed by atoms with Gasteiger partial charge in [0.2, 0.25) is 10.0 Å². The second kappa shape index (κ2) is 7.15. The molecule has 0 spiro atoms. The molecule has 0 atom stereocenters. The zero-order valence-electron chi connectivity index (χ0n) is 14.3. The molecule has 0 saturated carbocycles. The highest BCUT2D eigenvalue weighted by molar-refractivity contribution is 7.89. The molecule has 0 aliphatic carbocycles. The standard InChI is InChI=1S/C18H22N2O3S/c1-13(2)20(4)24(22,23)17-10-6-8-15(12-17)18(21)19-16-9-5-7-14(3)11-16/h5-13H,1-4H3,(H,19,21). The fraction of sp³-hybridized carbons (Fsp3) is 0.278. The van der Waals surface area contributed by atoms with Crippen LogP contribution in [-0.2, 0) is 10.0 Å². The van der Waals surface area contributed by atoms with Crippen LogP contribution < -0.4 is 5.32 Å². The van der Waals surface area contributed by atoms with Gasteiger partial charge in [-0.1, -0.05) is 18.2 Å². The predicted molar refractivity (Wildman–Crippen MR) is 95.7 cm³/mol. The fourth-order valence-corrected chi connectivity index (χ4v) is 3.58. The first-order valence-corrected chi connectivity index (χ1v) is 9.12. The van der Waals surface area contributed by atoms with Gasteiger partial charge in [0, 0.05) is 24.3 Å². The molecular formula is C18H22N2O3S. The van der Waals surface area contributed by atoms with E-state index in [1.807, 2.05) is 25.1 Å². The van der Waals surface area contributed by atoms with Crippen molar-refractivity contribution in [3.63, 3.8) is 0 Å². The molecule has 0 aliphatic rings. The molecule has 2 aromatic carbocycles. The summed E-state index contributed by atoms with van der Waals surface area (Å²) in [5, 5.41) is 2.78. The van der Waals surface area contributed by atoms with Gasteiger partial charge >= 0.3 is 0 Å². The number of nitrogens with one attached hydrogen (secondary N) is 1. The summed E-state index contributed by atoms with van der Waals surface area (Å²) in [4.78, 5) is 12.5. The number of carbonyl (C=O) groups is 1. The summed E-state index contributed by atoms with van der Waals surface area (Å²) in [5.74, 6) is -0.343. The van der Waals surface area contributed by atoms with E-state index in [4.69, 9.17) is 0 Å². The summed E-state index contributed by atoms with van der Waals surface area (Å²) >= 11 is 0. The van der Waals surface area contributed by atoms with Crippen molar-refractivity contribution in [3.05, 3.63) is 59.7 Å². The van der Waals surface area contributed by atoms with Crippen molar-refractivity contribution in [1.29, 1.82) is 0 Å². The van der Waals surface area contributed by atoms with Gasteiger partial charge in [-0.2, -0.15) is 4.31 Å². The maximum absolute atomic E-state index is 12.5. The fourth-order valence-electron chi connectivity index (χ4n) is 2.17. The van der Waals surface area contributed by atoms with E-state index in [1.54, 1.807) is 32.0 Å². The predicted octanol–water partition coefficient (Wildman–Crippen LogP) is 3.28. The minimum absolute atomic E-state index is 0.107. The molecular weight excluding hydrogens is 324 g/mol. The van der Waals surface area contributed by atoms with Gasteiger partial charge in [0.15, 0.2) is 0 Å². The maximum atomic E-state index is 12.5. The van der Waals surface area contributed by atoms with Gasteiger partial charge in [-0.3, -0.25) is 4.79 Å². The Balaban J connectivity index is 2.29. The molecule has 0 radical (unpaired) electrons. The van der Waals surface area contributed by atoms with Crippen LogP contribution in [0.15, 0.2) is 53.4 Å². The van der Waals surface area contributed by atoms with Crippen LogP contribution in [0.3, 0.4) is 0 Å². The summed E-state index contributed by atoms with van der Waals surface area (Å²) in [7, 11) is -2.09. The molecule has 5 nitrogen and oxygen atoms in total. The highest BCUT2D eigenvalue weighted by atomic mass is 32.2. The maximum Gasteiger partial charge on any atom is 0.255 e. The molecule has 1 N–H and O–H groups in total. The minimum atomic E-state index is -3.62. The van der Waals surface area contributed by atoms with Crippen molar-refractivity contribution in [3.8, 4) is 0 Å². The number of carbonyl (C=O) groups excluding carboxylic acids is 1. The Morgan fingerprint density at radius 2 is 1.75 bits per heavy atom. The number of sulfonamides is 1. The van der Waals surface area contributed by atoms with Crippen molar-refractivity contribution in [2.45, 2.75) is 31.7 Å². The average Bonchev–Trinajstić information content (AvgIpc) is 2.54. The number of nitrogens with zero attached hydrogens (tertiary/aromatic N) is 1. The zero-order chi connectivity index (χ0) is 17.9. The van der Waals surface area contributed by atoms with E-state index in [-0.39, 0.29) is 16.8 Å². The van der Waals surface area contributed by atoms with Crippen LogP contribution in [-0.4, -0.2) is 31.7 Å². The van der Waals surface area contributed by atoms with Crippen molar-refractivity contribution in [2.24, 2.45) is 0 Å². The minimum Gasteiger partial charge on any atom is -0.322 e. The quantitative estimate of drug-likeness (QED) is 0.903. The van der Waals surface area contributed by atoms with E-state index >= 15 is 0 Å². The second-order valence-electron chi connectivity index (χ2n) is 5.97. The van der Waals surface area contributed by atoms with Crippen LogP contribution in [0.2, 0.25) is 0 Å². The lowest BCUT2D eigenvalue weighted by Crippen LogP contribution is -2.33. The molecule has 0 saturated heterocycles. The topological polar surface area (TPSA) is 66.5 Å². The second-order valence-corrected chi connectivity index (χ2v) is 7.96. The normalized spacial score (nSPS) is 11.8. The first kappa shape index (κ1) is 18.2.